The summed E-state index contributed by atoms with van der Waals surface area (Å²) in [6, 6.07) is 0. The molecule has 1 aliphatic rings. The Kier molecular flexibility index (Phi) is 2.01. The summed E-state index contributed by atoms with van der Waals surface area (Å²) in [5, 5.41) is 5.01. The Morgan fingerprint density at radius 1 is 1.67 bits per heavy atom. The monoisotopic (exact) mass is 145 g/mol. The molecule has 1 atom stereocenters. The molecular formula is C6H11NOS. The van der Waals surface area contributed by atoms with Gasteiger partial charge in [-0.25, -0.2) is 0 Å². The summed E-state index contributed by atoms with van der Waals surface area (Å²) in [5.41, 5.74) is 0.224. The van der Waals surface area contributed by atoms with E-state index < -0.39 is 0 Å². The third-order valence-electron chi connectivity index (χ3n) is 1.07. The predicted octanol–water partition coefficient (Wildman–Crippen LogP) is 2.07. The van der Waals surface area contributed by atoms with Crippen LogP contribution < -0.4 is 0 Å². The van der Waals surface area contributed by atoms with Gasteiger partial charge in [-0.05, 0) is 6.92 Å². The largest absolute Gasteiger partial charge is 0.381 e. The van der Waals surface area contributed by atoms with Crippen LogP contribution in [0.3, 0.4) is 0 Å². The highest BCUT2D eigenvalue weighted by Gasteiger charge is 2.18. The normalized spacial score (nSPS) is 26.2. The van der Waals surface area contributed by atoms with E-state index in [1.165, 1.54) is 0 Å². The van der Waals surface area contributed by atoms with Gasteiger partial charge in [0.15, 0.2) is 5.44 Å². The van der Waals surface area contributed by atoms with Gasteiger partial charge in [0.25, 0.3) is 0 Å². The summed E-state index contributed by atoms with van der Waals surface area (Å²) in [6.45, 7) is 6.24. The van der Waals surface area contributed by atoms with Gasteiger partial charge < -0.3 is 4.84 Å². The lowest BCUT2D eigenvalue weighted by atomic mass is 10.2. The van der Waals surface area contributed by atoms with E-state index in [0.29, 0.717) is 5.92 Å². The van der Waals surface area contributed by atoms with Crippen LogP contribution in [-0.4, -0.2) is 10.5 Å². The summed E-state index contributed by atoms with van der Waals surface area (Å²) in [7, 11) is 0. The third kappa shape index (κ3) is 1.61. The molecule has 52 valence electrons. The predicted molar refractivity (Wildman–Crippen MR) is 40.4 cm³/mol. The van der Waals surface area contributed by atoms with Gasteiger partial charge in [0.2, 0.25) is 0 Å². The molecule has 0 aliphatic carbocycles. The first-order chi connectivity index (χ1) is 4.20. The molecule has 3 heteroatoms. The van der Waals surface area contributed by atoms with Crippen molar-refractivity contribution in [3.63, 3.8) is 0 Å². The SMILES string of the molecule is CC1ON=C(C(C)C)S1. The van der Waals surface area contributed by atoms with E-state index >= 15 is 0 Å². The number of rotatable bonds is 1. The van der Waals surface area contributed by atoms with Crippen LogP contribution in [0.15, 0.2) is 5.16 Å². The Hall–Kier alpha value is -0.180. The quantitative estimate of drug-likeness (QED) is 0.563. The van der Waals surface area contributed by atoms with Crippen molar-refractivity contribution in [1.82, 2.24) is 0 Å². The summed E-state index contributed by atoms with van der Waals surface area (Å²) >= 11 is 1.70. The molecule has 1 rings (SSSR count). The molecule has 0 radical (unpaired) electrons. The highest BCUT2D eigenvalue weighted by atomic mass is 32.2. The molecule has 0 fully saturated rings. The average molecular weight is 145 g/mol. The average Bonchev–Trinajstić information content (AvgIpc) is 2.14. The molecule has 1 unspecified atom stereocenters. The second kappa shape index (κ2) is 2.60. The summed E-state index contributed by atoms with van der Waals surface area (Å²) in [4.78, 5) is 4.98. The van der Waals surface area contributed by atoms with Gasteiger partial charge in [-0.3, -0.25) is 0 Å². The molecule has 9 heavy (non-hydrogen) atoms. The minimum atomic E-state index is 0.224. The number of thioether (sulfide) groups is 1. The molecule has 2 nitrogen and oxygen atoms in total. The lowest BCUT2D eigenvalue weighted by Crippen LogP contribution is -1.99. The third-order valence-corrected chi connectivity index (χ3v) is 2.28. The van der Waals surface area contributed by atoms with Crippen molar-refractivity contribution in [2.45, 2.75) is 26.2 Å². The minimum absolute atomic E-state index is 0.224. The first-order valence-electron chi connectivity index (χ1n) is 3.10. The van der Waals surface area contributed by atoms with E-state index in [2.05, 4.69) is 19.0 Å². The Morgan fingerprint density at radius 3 is 2.56 bits per heavy atom. The maximum Gasteiger partial charge on any atom is 0.175 e. The minimum Gasteiger partial charge on any atom is -0.381 e. The Labute approximate surface area is 59.6 Å². The van der Waals surface area contributed by atoms with Gasteiger partial charge in [-0.15, -0.1) is 0 Å². The zero-order chi connectivity index (χ0) is 6.85. The molecule has 0 saturated heterocycles. The van der Waals surface area contributed by atoms with E-state index in [1.807, 2.05) is 6.92 Å². The molecule has 0 aromatic heterocycles. The maximum atomic E-state index is 4.98. The first-order valence-corrected chi connectivity index (χ1v) is 3.98. The number of oxime groups is 1. The number of nitrogens with zero attached hydrogens (tertiary/aromatic N) is 1. The summed E-state index contributed by atoms with van der Waals surface area (Å²) < 4.78 is 0. The smallest absolute Gasteiger partial charge is 0.175 e. The van der Waals surface area contributed by atoms with Crippen molar-refractivity contribution in [3.8, 4) is 0 Å². The van der Waals surface area contributed by atoms with E-state index in [0.717, 1.165) is 5.04 Å². The fourth-order valence-corrected chi connectivity index (χ4v) is 1.37. The maximum absolute atomic E-state index is 4.98. The Balaban J connectivity index is 2.45. The van der Waals surface area contributed by atoms with Crippen LogP contribution in [0.25, 0.3) is 0 Å². The van der Waals surface area contributed by atoms with E-state index in [1.54, 1.807) is 11.8 Å². The molecule has 0 aromatic rings. The molecule has 1 heterocycles. The molecule has 0 bridgehead atoms. The Bertz CT molecular complexity index is 133. The van der Waals surface area contributed by atoms with Crippen LogP contribution in [-0.2, 0) is 4.84 Å². The van der Waals surface area contributed by atoms with Gasteiger partial charge in [0.05, 0.1) is 0 Å². The number of hydrogen-bond acceptors (Lipinski definition) is 3. The molecule has 0 saturated carbocycles. The lowest BCUT2D eigenvalue weighted by Gasteiger charge is -1.98. The molecule has 0 aromatic carbocycles. The van der Waals surface area contributed by atoms with Crippen molar-refractivity contribution in [3.05, 3.63) is 0 Å². The van der Waals surface area contributed by atoms with E-state index in [9.17, 15) is 0 Å². The van der Waals surface area contributed by atoms with Crippen molar-refractivity contribution < 1.29 is 4.84 Å². The van der Waals surface area contributed by atoms with Crippen molar-refractivity contribution in [2.24, 2.45) is 11.1 Å². The van der Waals surface area contributed by atoms with Gasteiger partial charge in [0.1, 0.15) is 5.04 Å². The lowest BCUT2D eigenvalue weighted by molar-refractivity contribution is 0.141. The van der Waals surface area contributed by atoms with Crippen molar-refractivity contribution in [2.75, 3.05) is 0 Å². The molecule has 1 aliphatic heterocycles. The van der Waals surface area contributed by atoms with Gasteiger partial charge >= 0.3 is 0 Å². The van der Waals surface area contributed by atoms with Crippen LogP contribution >= 0.6 is 11.8 Å². The molecule has 0 spiro atoms. The molecular weight excluding hydrogens is 134 g/mol. The zero-order valence-corrected chi connectivity index (χ0v) is 6.73. The van der Waals surface area contributed by atoms with Gasteiger partial charge in [-0.2, -0.15) is 0 Å². The van der Waals surface area contributed by atoms with E-state index in [-0.39, 0.29) is 5.44 Å². The molecule has 0 amide bonds. The standard InChI is InChI=1S/C6H11NOS/c1-4(2)6-7-8-5(3)9-6/h4-5H,1-3H3. The Morgan fingerprint density at radius 2 is 2.33 bits per heavy atom. The second-order valence-corrected chi connectivity index (χ2v) is 3.69. The highest BCUT2D eigenvalue weighted by molar-refractivity contribution is 8.14. The molecule has 0 N–H and O–H groups in total. The van der Waals surface area contributed by atoms with Crippen LogP contribution in [0.4, 0.5) is 0 Å². The fraction of sp³-hybridized carbons (Fsp3) is 0.833. The first kappa shape index (κ1) is 6.93. The van der Waals surface area contributed by atoms with E-state index in [4.69, 9.17) is 4.84 Å². The van der Waals surface area contributed by atoms with Gasteiger partial charge in [0, 0.05) is 5.92 Å². The van der Waals surface area contributed by atoms with Crippen molar-refractivity contribution >= 4 is 16.8 Å². The van der Waals surface area contributed by atoms with Gasteiger partial charge in [-0.1, -0.05) is 30.8 Å². The fourth-order valence-electron chi connectivity index (χ4n) is 0.581. The van der Waals surface area contributed by atoms with Crippen LogP contribution in [0.5, 0.6) is 0 Å². The summed E-state index contributed by atoms with van der Waals surface area (Å²) in [5.74, 6) is 0.514. The van der Waals surface area contributed by atoms with Crippen LogP contribution in [0.2, 0.25) is 0 Å². The second-order valence-electron chi connectivity index (χ2n) is 2.38. The van der Waals surface area contributed by atoms with Crippen molar-refractivity contribution in [1.29, 1.82) is 0 Å². The highest BCUT2D eigenvalue weighted by Crippen LogP contribution is 2.25. The topological polar surface area (TPSA) is 21.6 Å². The van der Waals surface area contributed by atoms with Crippen LogP contribution in [0, 0.1) is 5.92 Å². The summed E-state index contributed by atoms with van der Waals surface area (Å²) in [6.07, 6.45) is 0. The zero-order valence-electron chi connectivity index (χ0n) is 5.92. The number of hydrogen-bond donors (Lipinski definition) is 0. The van der Waals surface area contributed by atoms with Crippen LogP contribution in [0.1, 0.15) is 20.8 Å².